The second-order valence-electron chi connectivity index (χ2n) is 6.02. The smallest absolute Gasteiger partial charge is 0.353 e. The molecule has 0 fully saturated rings. The van der Waals surface area contributed by atoms with Crippen molar-refractivity contribution in [2.45, 2.75) is 13.1 Å². The molecule has 0 unspecified atom stereocenters. The highest BCUT2D eigenvalue weighted by Crippen LogP contribution is 2.21. The first-order chi connectivity index (χ1) is 13.1. The van der Waals surface area contributed by atoms with E-state index >= 15 is 0 Å². The predicted octanol–water partition coefficient (Wildman–Crippen LogP) is 0.263. The van der Waals surface area contributed by atoms with E-state index in [1.807, 2.05) is 23.6 Å². The van der Waals surface area contributed by atoms with Gasteiger partial charge in [0.05, 0.1) is 6.54 Å². The van der Waals surface area contributed by atoms with Gasteiger partial charge in [-0.2, -0.15) is 9.36 Å². The molecule has 1 N–H and O–H groups in total. The third-order valence-corrected chi connectivity index (χ3v) is 5.07. The molecule has 27 heavy (non-hydrogen) atoms. The van der Waals surface area contributed by atoms with Gasteiger partial charge in [-0.15, -0.1) is 11.3 Å². The van der Waals surface area contributed by atoms with Gasteiger partial charge in [0.2, 0.25) is 5.91 Å². The molecular formula is C17H16N6O3S. The summed E-state index contributed by atoms with van der Waals surface area (Å²) < 4.78 is 2.41. The van der Waals surface area contributed by atoms with Crippen LogP contribution >= 0.6 is 11.3 Å². The minimum Gasteiger partial charge on any atom is -0.353 e. The Labute approximate surface area is 157 Å². The number of hydrogen-bond donors (Lipinski definition) is 1. The fourth-order valence-corrected chi connectivity index (χ4v) is 3.58. The normalized spacial score (nSPS) is 13.0. The van der Waals surface area contributed by atoms with Crippen molar-refractivity contribution in [1.29, 1.82) is 0 Å². The van der Waals surface area contributed by atoms with Gasteiger partial charge >= 0.3 is 5.69 Å². The van der Waals surface area contributed by atoms with Crippen LogP contribution in [-0.2, 0) is 17.9 Å². The molecule has 0 saturated heterocycles. The summed E-state index contributed by atoms with van der Waals surface area (Å²) in [6.45, 7) is 0.822. The summed E-state index contributed by atoms with van der Waals surface area (Å²) in [4.78, 5) is 38.1. The van der Waals surface area contributed by atoms with Gasteiger partial charge in [-0.25, -0.2) is 4.79 Å². The SMILES string of the molecule is O=C(CN1Cc2ccccc2C1=O)NCCn1nnn(-c2cccs2)c1=O. The van der Waals surface area contributed by atoms with Crippen molar-refractivity contribution >= 4 is 23.2 Å². The molecule has 0 atom stereocenters. The highest BCUT2D eigenvalue weighted by Gasteiger charge is 2.28. The van der Waals surface area contributed by atoms with Crippen molar-refractivity contribution in [3.63, 3.8) is 0 Å². The van der Waals surface area contributed by atoms with Crippen molar-refractivity contribution in [2.24, 2.45) is 0 Å². The van der Waals surface area contributed by atoms with Crippen LogP contribution in [0.4, 0.5) is 0 Å². The maximum absolute atomic E-state index is 12.3. The largest absolute Gasteiger partial charge is 0.369 e. The second kappa shape index (κ2) is 7.16. The van der Waals surface area contributed by atoms with Gasteiger partial charge in [0, 0.05) is 18.7 Å². The summed E-state index contributed by atoms with van der Waals surface area (Å²) >= 11 is 1.38. The van der Waals surface area contributed by atoms with Gasteiger partial charge in [0.1, 0.15) is 11.5 Å². The lowest BCUT2D eigenvalue weighted by molar-refractivity contribution is -0.121. The third kappa shape index (κ3) is 3.38. The van der Waals surface area contributed by atoms with E-state index in [1.165, 1.54) is 25.6 Å². The van der Waals surface area contributed by atoms with Crippen LogP contribution in [0.15, 0.2) is 46.6 Å². The standard InChI is InChI=1S/C17H16N6O3S/c24-14(11-21-10-12-4-1-2-5-13(12)16(21)25)18-7-8-22-17(26)23(20-19-22)15-6-3-9-27-15/h1-6,9H,7-8,10-11H2,(H,18,24). The number of aromatic nitrogens is 4. The topological polar surface area (TPSA) is 102 Å². The van der Waals surface area contributed by atoms with E-state index in [0.29, 0.717) is 17.1 Å². The van der Waals surface area contributed by atoms with Crippen LogP contribution < -0.4 is 11.0 Å². The number of fused-ring (bicyclic) bond motifs is 1. The number of amides is 2. The Morgan fingerprint density at radius 3 is 2.78 bits per heavy atom. The van der Waals surface area contributed by atoms with E-state index in [2.05, 4.69) is 15.7 Å². The Balaban J connectivity index is 1.30. The summed E-state index contributed by atoms with van der Waals surface area (Å²) in [6, 6.07) is 10.9. The van der Waals surface area contributed by atoms with E-state index in [0.717, 1.165) is 5.56 Å². The van der Waals surface area contributed by atoms with Crippen LogP contribution in [0.1, 0.15) is 15.9 Å². The summed E-state index contributed by atoms with van der Waals surface area (Å²) in [5.41, 5.74) is 1.20. The Morgan fingerprint density at radius 2 is 2.00 bits per heavy atom. The van der Waals surface area contributed by atoms with Crippen LogP contribution in [0.3, 0.4) is 0 Å². The zero-order valence-corrected chi connectivity index (χ0v) is 15.1. The highest BCUT2D eigenvalue weighted by atomic mass is 32.1. The van der Waals surface area contributed by atoms with Gasteiger partial charge in [-0.3, -0.25) is 9.59 Å². The number of nitrogens with one attached hydrogen (secondary N) is 1. The average molecular weight is 384 g/mol. The molecule has 4 rings (SSSR count). The monoisotopic (exact) mass is 384 g/mol. The molecule has 9 nitrogen and oxygen atoms in total. The number of carbonyl (C=O) groups is 2. The summed E-state index contributed by atoms with van der Waals surface area (Å²) in [5, 5.41) is 12.9. The Bertz CT molecular complexity index is 1040. The van der Waals surface area contributed by atoms with Gasteiger partial charge in [-0.05, 0) is 39.6 Å². The van der Waals surface area contributed by atoms with Crippen LogP contribution in [0.2, 0.25) is 0 Å². The van der Waals surface area contributed by atoms with Crippen molar-refractivity contribution in [1.82, 2.24) is 30.0 Å². The number of nitrogens with zero attached hydrogens (tertiary/aromatic N) is 5. The fraction of sp³-hybridized carbons (Fsp3) is 0.235. The van der Waals surface area contributed by atoms with Crippen LogP contribution in [0.25, 0.3) is 5.00 Å². The molecule has 0 bridgehead atoms. The van der Waals surface area contributed by atoms with Crippen molar-refractivity contribution < 1.29 is 9.59 Å². The first-order valence-corrected chi connectivity index (χ1v) is 9.22. The molecule has 1 aliphatic heterocycles. The molecule has 0 aliphatic carbocycles. The molecule has 0 spiro atoms. The van der Waals surface area contributed by atoms with E-state index in [1.54, 1.807) is 18.2 Å². The maximum Gasteiger partial charge on any atom is 0.369 e. The summed E-state index contributed by atoms with van der Waals surface area (Å²) in [5.74, 6) is -0.425. The number of benzene rings is 1. The van der Waals surface area contributed by atoms with Gasteiger partial charge in [-0.1, -0.05) is 18.2 Å². The first-order valence-electron chi connectivity index (χ1n) is 8.34. The van der Waals surface area contributed by atoms with E-state index < -0.39 is 0 Å². The second-order valence-corrected chi connectivity index (χ2v) is 6.94. The number of carbonyl (C=O) groups excluding carboxylic acids is 2. The van der Waals surface area contributed by atoms with Crippen LogP contribution in [0.5, 0.6) is 0 Å². The molecule has 0 saturated carbocycles. The Morgan fingerprint density at radius 1 is 1.15 bits per heavy atom. The molecule has 1 aliphatic rings. The predicted molar refractivity (Wildman–Crippen MR) is 97.7 cm³/mol. The lowest BCUT2D eigenvalue weighted by atomic mass is 10.1. The van der Waals surface area contributed by atoms with Gasteiger partial charge < -0.3 is 10.2 Å². The minimum absolute atomic E-state index is 0.0235. The molecule has 3 aromatic rings. The quantitative estimate of drug-likeness (QED) is 0.657. The number of tetrazole rings is 1. The minimum atomic E-state index is -0.364. The summed E-state index contributed by atoms with van der Waals surface area (Å²) in [6.07, 6.45) is 0. The number of rotatable bonds is 6. The van der Waals surface area contributed by atoms with Crippen molar-refractivity contribution in [2.75, 3.05) is 13.1 Å². The number of thiophene rings is 1. The molecule has 10 heteroatoms. The molecular weight excluding hydrogens is 368 g/mol. The number of hydrogen-bond acceptors (Lipinski definition) is 6. The van der Waals surface area contributed by atoms with Crippen LogP contribution in [0, 0.1) is 0 Å². The molecule has 0 radical (unpaired) electrons. The van der Waals surface area contributed by atoms with Gasteiger partial charge in [0.25, 0.3) is 5.91 Å². The van der Waals surface area contributed by atoms with E-state index in [4.69, 9.17) is 0 Å². The zero-order chi connectivity index (χ0) is 18.8. The molecule has 138 valence electrons. The lowest BCUT2D eigenvalue weighted by Gasteiger charge is -2.15. The maximum atomic E-state index is 12.3. The summed E-state index contributed by atoms with van der Waals surface area (Å²) in [7, 11) is 0. The van der Waals surface area contributed by atoms with E-state index in [-0.39, 0.29) is 37.1 Å². The molecule has 2 aromatic heterocycles. The fourth-order valence-electron chi connectivity index (χ4n) is 2.92. The van der Waals surface area contributed by atoms with Gasteiger partial charge in [0.15, 0.2) is 0 Å². The third-order valence-electron chi connectivity index (χ3n) is 4.23. The van der Waals surface area contributed by atoms with Crippen LogP contribution in [-0.4, -0.2) is 49.6 Å². The Kier molecular flexibility index (Phi) is 4.55. The molecule has 3 heterocycles. The molecule has 1 aromatic carbocycles. The highest BCUT2D eigenvalue weighted by molar-refractivity contribution is 7.12. The van der Waals surface area contributed by atoms with Crippen molar-refractivity contribution in [3.05, 3.63) is 63.4 Å². The first kappa shape index (κ1) is 17.2. The van der Waals surface area contributed by atoms with Crippen molar-refractivity contribution in [3.8, 4) is 5.00 Å². The Hall–Kier alpha value is -3.27. The van der Waals surface area contributed by atoms with E-state index in [9.17, 15) is 14.4 Å². The average Bonchev–Trinajstić information content (AvgIpc) is 3.37. The zero-order valence-electron chi connectivity index (χ0n) is 14.2. The molecule has 2 amide bonds. The lowest BCUT2D eigenvalue weighted by Crippen LogP contribution is -2.39.